The summed E-state index contributed by atoms with van der Waals surface area (Å²) in [4.78, 5) is 24.0. The summed E-state index contributed by atoms with van der Waals surface area (Å²) < 4.78 is 10.1. The van der Waals surface area contributed by atoms with E-state index in [1.54, 1.807) is 14.0 Å². The molecule has 4 nitrogen and oxygen atoms in total. The molecule has 0 unspecified atom stereocenters. The van der Waals surface area contributed by atoms with Gasteiger partial charge in [0, 0.05) is 5.56 Å². The van der Waals surface area contributed by atoms with Gasteiger partial charge in [0.05, 0.1) is 18.6 Å². The highest BCUT2D eigenvalue weighted by Crippen LogP contribution is 2.40. The molecule has 0 aliphatic heterocycles. The second kappa shape index (κ2) is 5.52. The average molecular weight is 268 g/mol. The number of thiophene rings is 1. The molecule has 0 fully saturated rings. The van der Waals surface area contributed by atoms with Crippen molar-refractivity contribution >= 4 is 23.1 Å². The van der Waals surface area contributed by atoms with Crippen LogP contribution in [0.1, 0.15) is 40.6 Å². The van der Waals surface area contributed by atoms with E-state index < -0.39 is 11.8 Å². The quantitative estimate of drug-likeness (QED) is 0.478. The Balaban J connectivity index is 2.36. The maximum Gasteiger partial charge on any atom is 0.380 e. The van der Waals surface area contributed by atoms with E-state index in [0.717, 1.165) is 41.9 Å². The van der Waals surface area contributed by atoms with Crippen LogP contribution in [0.3, 0.4) is 0 Å². The molecule has 1 aromatic heterocycles. The lowest BCUT2D eigenvalue weighted by Gasteiger charge is -2.12. The van der Waals surface area contributed by atoms with Crippen molar-refractivity contribution in [2.75, 3.05) is 13.7 Å². The summed E-state index contributed by atoms with van der Waals surface area (Å²) in [5, 5.41) is 0.761. The fourth-order valence-corrected chi connectivity index (χ4v) is 3.38. The first-order chi connectivity index (χ1) is 8.69. The number of ether oxygens (including phenoxy) is 2. The monoisotopic (exact) mass is 268 g/mol. The second-order valence-electron chi connectivity index (χ2n) is 4.14. The average Bonchev–Trinajstić information content (AvgIpc) is 2.77. The van der Waals surface area contributed by atoms with Gasteiger partial charge in [0.2, 0.25) is 0 Å². The second-order valence-corrected chi connectivity index (χ2v) is 5.12. The van der Waals surface area contributed by atoms with Crippen molar-refractivity contribution in [3.05, 3.63) is 16.0 Å². The normalized spacial score (nSPS) is 13.9. The Hall–Kier alpha value is -1.36. The lowest BCUT2D eigenvalue weighted by Crippen LogP contribution is -2.18. The zero-order valence-electron chi connectivity index (χ0n) is 10.6. The van der Waals surface area contributed by atoms with Crippen molar-refractivity contribution in [2.45, 2.75) is 32.6 Å². The molecule has 1 aliphatic carbocycles. The van der Waals surface area contributed by atoms with E-state index in [1.165, 1.54) is 11.3 Å². The summed E-state index contributed by atoms with van der Waals surface area (Å²) >= 11 is 1.26. The highest BCUT2D eigenvalue weighted by Gasteiger charge is 2.29. The van der Waals surface area contributed by atoms with E-state index in [9.17, 15) is 9.59 Å². The fourth-order valence-electron chi connectivity index (χ4n) is 2.23. The zero-order chi connectivity index (χ0) is 13.1. The van der Waals surface area contributed by atoms with Crippen molar-refractivity contribution < 1.29 is 19.1 Å². The number of fused-ring (bicyclic) bond motifs is 1. The summed E-state index contributed by atoms with van der Waals surface area (Å²) in [6, 6.07) is 0. The van der Waals surface area contributed by atoms with Gasteiger partial charge in [0.1, 0.15) is 0 Å². The van der Waals surface area contributed by atoms with Crippen molar-refractivity contribution in [3.63, 3.8) is 0 Å². The van der Waals surface area contributed by atoms with Crippen molar-refractivity contribution in [1.82, 2.24) is 0 Å². The Labute approximate surface area is 110 Å². The number of esters is 1. The van der Waals surface area contributed by atoms with Crippen LogP contribution in [0.15, 0.2) is 0 Å². The first-order valence-electron chi connectivity index (χ1n) is 6.09. The summed E-state index contributed by atoms with van der Waals surface area (Å²) in [7, 11) is 1.60. The number of carbonyl (C=O) groups excluding carboxylic acids is 2. The number of carbonyl (C=O) groups is 2. The maximum absolute atomic E-state index is 12.0. The number of methoxy groups -OCH3 is 1. The van der Waals surface area contributed by atoms with Gasteiger partial charge in [-0.1, -0.05) is 11.3 Å². The van der Waals surface area contributed by atoms with Crippen LogP contribution in [0, 0.1) is 0 Å². The van der Waals surface area contributed by atoms with Crippen molar-refractivity contribution in [3.8, 4) is 5.06 Å². The zero-order valence-corrected chi connectivity index (χ0v) is 11.4. The number of ketones is 1. The van der Waals surface area contributed by atoms with Gasteiger partial charge >= 0.3 is 5.97 Å². The number of hydrogen-bond acceptors (Lipinski definition) is 5. The highest BCUT2D eigenvalue weighted by atomic mass is 32.1. The van der Waals surface area contributed by atoms with Gasteiger partial charge in [-0.05, 0) is 38.2 Å². The first-order valence-corrected chi connectivity index (χ1v) is 6.90. The number of rotatable bonds is 4. The van der Waals surface area contributed by atoms with Crippen LogP contribution >= 0.6 is 11.3 Å². The van der Waals surface area contributed by atoms with Gasteiger partial charge in [0.15, 0.2) is 5.06 Å². The molecule has 0 atom stereocenters. The molecule has 0 saturated heterocycles. The molecule has 5 heteroatoms. The van der Waals surface area contributed by atoms with Gasteiger partial charge in [-0.2, -0.15) is 0 Å². The van der Waals surface area contributed by atoms with Gasteiger partial charge < -0.3 is 9.47 Å². The Bertz CT molecular complexity index is 476. The van der Waals surface area contributed by atoms with Crippen molar-refractivity contribution in [2.24, 2.45) is 0 Å². The minimum absolute atomic E-state index is 0.218. The van der Waals surface area contributed by atoms with Crippen LogP contribution < -0.4 is 4.74 Å². The Kier molecular flexibility index (Phi) is 4.01. The molecule has 98 valence electrons. The van der Waals surface area contributed by atoms with E-state index >= 15 is 0 Å². The van der Waals surface area contributed by atoms with Gasteiger partial charge in [-0.25, -0.2) is 4.79 Å². The fraction of sp³-hybridized carbons (Fsp3) is 0.538. The minimum Gasteiger partial charge on any atom is -0.487 e. The largest absolute Gasteiger partial charge is 0.487 e. The van der Waals surface area contributed by atoms with E-state index in [4.69, 9.17) is 9.47 Å². The third-order valence-corrected chi connectivity index (χ3v) is 4.27. The molecule has 0 N–H and O–H groups in total. The molecular weight excluding hydrogens is 252 g/mol. The molecule has 0 spiro atoms. The standard InChI is InChI=1S/C13H16O4S/c1-3-17-12(15)10(14)11-8-6-4-5-7-9(8)13(16-2)18-11/h3-7H2,1-2H3. The van der Waals surface area contributed by atoms with E-state index in [-0.39, 0.29) is 6.61 Å². The SMILES string of the molecule is CCOC(=O)C(=O)c1sc(OC)c2c1CCCC2. The molecule has 0 saturated carbocycles. The van der Waals surface area contributed by atoms with Gasteiger partial charge in [-0.15, -0.1) is 0 Å². The van der Waals surface area contributed by atoms with Crippen LogP contribution in [0.4, 0.5) is 0 Å². The van der Waals surface area contributed by atoms with Crippen LogP contribution in [-0.2, 0) is 22.4 Å². The molecule has 0 radical (unpaired) electrons. The smallest absolute Gasteiger partial charge is 0.380 e. The predicted octanol–water partition coefficient (Wildman–Crippen LogP) is 2.38. The van der Waals surface area contributed by atoms with Gasteiger partial charge in [0.25, 0.3) is 5.78 Å². The molecule has 1 aromatic rings. The van der Waals surface area contributed by atoms with Crippen LogP contribution in [0.2, 0.25) is 0 Å². The molecule has 1 aliphatic rings. The van der Waals surface area contributed by atoms with Gasteiger partial charge in [-0.3, -0.25) is 4.79 Å². The van der Waals surface area contributed by atoms with Crippen LogP contribution in [0.25, 0.3) is 0 Å². The van der Waals surface area contributed by atoms with E-state index in [0.29, 0.717) is 4.88 Å². The first kappa shape index (κ1) is 13.1. The summed E-state index contributed by atoms with van der Waals surface area (Å²) in [6.45, 7) is 1.91. The summed E-state index contributed by atoms with van der Waals surface area (Å²) in [5.41, 5.74) is 2.09. The highest BCUT2D eigenvalue weighted by molar-refractivity contribution is 7.17. The maximum atomic E-state index is 12.0. The summed E-state index contributed by atoms with van der Waals surface area (Å²) in [6.07, 6.45) is 3.92. The van der Waals surface area contributed by atoms with E-state index in [1.807, 2.05) is 0 Å². The number of Topliss-reactive ketones (excluding diaryl/α,β-unsaturated/α-hetero) is 1. The summed E-state index contributed by atoms with van der Waals surface area (Å²) in [5.74, 6) is -1.31. The number of hydrogen-bond donors (Lipinski definition) is 0. The molecule has 0 bridgehead atoms. The molecule has 2 rings (SSSR count). The predicted molar refractivity (Wildman–Crippen MR) is 68.5 cm³/mol. The van der Waals surface area contributed by atoms with Crippen LogP contribution in [-0.4, -0.2) is 25.5 Å². The topological polar surface area (TPSA) is 52.6 Å². The third kappa shape index (κ3) is 2.27. The molecule has 1 heterocycles. The third-order valence-electron chi connectivity index (χ3n) is 3.04. The molecule has 18 heavy (non-hydrogen) atoms. The molecular formula is C13H16O4S. The lowest BCUT2D eigenvalue weighted by atomic mass is 9.92. The Morgan fingerprint density at radius 2 is 1.89 bits per heavy atom. The molecule has 0 amide bonds. The van der Waals surface area contributed by atoms with E-state index in [2.05, 4.69) is 0 Å². The minimum atomic E-state index is -0.769. The Morgan fingerprint density at radius 1 is 1.22 bits per heavy atom. The Morgan fingerprint density at radius 3 is 2.50 bits per heavy atom. The lowest BCUT2D eigenvalue weighted by molar-refractivity contribution is -0.137. The molecule has 0 aromatic carbocycles. The van der Waals surface area contributed by atoms with Crippen molar-refractivity contribution in [1.29, 1.82) is 0 Å². The van der Waals surface area contributed by atoms with Crippen LogP contribution in [0.5, 0.6) is 5.06 Å².